The van der Waals surface area contributed by atoms with E-state index >= 15 is 0 Å². The largest absolute Gasteiger partial charge is 0.372 e. The first-order chi connectivity index (χ1) is 10.9. The normalized spacial score (nSPS) is 21.9. The molecule has 5 nitrogen and oxygen atoms in total. The van der Waals surface area contributed by atoms with Crippen molar-refractivity contribution in [3.8, 4) is 0 Å². The van der Waals surface area contributed by atoms with Crippen molar-refractivity contribution in [3.63, 3.8) is 0 Å². The number of aryl methyl sites for hydroxylation is 1. The van der Waals surface area contributed by atoms with Crippen molar-refractivity contribution in [2.75, 3.05) is 13.2 Å². The SMILES string of the molecule is Cn1nccc1[C@@H]1OCC[C@H]1CNCc1cnc(C(C)(C)C)s1. The molecule has 1 aliphatic heterocycles. The highest BCUT2D eigenvalue weighted by atomic mass is 32.1. The monoisotopic (exact) mass is 334 g/mol. The number of hydrogen-bond donors (Lipinski definition) is 1. The van der Waals surface area contributed by atoms with Crippen molar-refractivity contribution in [1.29, 1.82) is 0 Å². The molecule has 23 heavy (non-hydrogen) atoms. The lowest BCUT2D eigenvalue weighted by Crippen LogP contribution is -2.25. The Morgan fingerprint density at radius 3 is 2.91 bits per heavy atom. The minimum Gasteiger partial charge on any atom is -0.372 e. The van der Waals surface area contributed by atoms with Gasteiger partial charge in [-0.3, -0.25) is 4.68 Å². The number of aromatic nitrogens is 3. The summed E-state index contributed by atoms with van der Waals surface area (Å²) in [5, 5.41) is 9.04. The van der Waals surface area contributed by atoms with E-state index in [0.717, 1.165) is 26.1 Å². The molecular formula is C17H26N4OS. The van der Waals surface area contributed by atoms with Crippen LogP contribution < -0.4 is 5.32 Å². The minimum atomic E-state index is 0.132. The van der Waals surface area contributed by atoms with E-state index in [4.69, 9.17) is 4.74 Å². The Morgan fingerprint density at radius 1 is 1.43 bits per heavy atom. The van der Waals surface area contributed by atoms with Gasteiger partial charge in [-0.1, -0.05) is 20.8 Å². The highest BCUT2D eigenvalue weighted by Gasteiger charge is 2.31. The van der Waals surface area contributed by atoms with E-state index < -0.39 is 0 Å². The molecule has 3 heterocycles. The first kappa shape index (κ1) is 16.6. The summed E-state index contributed by atoms with van der Waals surface area (Å²) in [6, 6.07) is 2.06. The molecule has 2 aromatic heterocycles. The smallest absolute Gasteiger partial charge is 0.103 e. The number of nitrogens with zero attached hydrogens (tertiary/aromatic N) is 3. The molecule has 3 rings (SSSR count). The maximum Gasteiger partial charge on any atom is 0.103 e. The highest BCUT2D eigenvalue weighted by Crippen LogP contribution is 2.33. The van der Waals surface area contributed by atoms with Crippen molar-refractivity contribution in [3.05, 3.63) is 34.0 Å². The molecule has 0 spiro atoms. The first-order valence-corrected chi connectivity index (χ1v) is 9.02. The van der Waals surface area contributed by atoms with Crippen LogP contribution >= 0.6 is 11.3 Å². The Balaban J connectivity index is 1.54. The zero-order chi connectivity index (χ0) is 16.4. The van der Waals surface area contributed by atoms with Crippen molar-refractivity contribution in [2.24, 2.45) is 13.0 Å². The molecule has 1 fully saturated rings. The molecule has 0 saturated carbocycles. The van der Waals surface area contributed by atoms with Crippen LogP contribution in [-0.2, 0) is 23.7 Å². The number of thiazole rings is 1. The summed E-state index contributed by atoms with van der Waals surface area (Å²) in [7, 11) is 1.98. The fraction of sp³-hybridized carbons (Fsp3) is 0.647. The van der Waals surface area contributed by atoms with Crippen molar-refractivity contribution < 1.29 is 4.74 Å². The van der Waals surface area contributed by atoms with E-state index in [0.29, 0.717) is 5.92 Å². The molecule has 2 aromatic rings. The standard InChI is InChI=1S/C17H26N4OS/c1-17(2,3)16-19-11-13(23-16)10-18-9-12-6-8-22-15(12)14-5-7-20-21(14)4/h5,7,11-12,15,18H,6,8-10H2,1-4H3/t12-,15+/m0/s1. The summed E-state index contributed by atoms with van der Waals surface area (Å²) in [5.41, 5.74) is 1.30. The Morgan fingerprint density at radius 2 is 2.26 bits per heavy atom. The van der Waals surface area contributed by atoms with E-state index in [1.54, 1.807) is 11.3 Å². The maximum atomic E-state index is 5.93. The van der Waals surface area contributed by atoms with Gasteiger partial charge >= 0.3 is 0 Å². The van der Waals surface area contributed by atoms with Crippen LogP contribution in [0.3, 0.4) is 0 Å². The minimum absolute atomic E-state index is 0.132. The predicted octanol–water partition coefficient (Wildman–Crippen LogP) is 3.04. The van der Waals surface area contributed by atoms with Gasteiger partial charge in [-0.25, -0.2) is 4.98 Å². The molecule has 0 unspecified atom stereocenters. The quantitative estimate of drug-likeness (QED) is 0.913. The summed E-state index contributed by atoms with van der Waals surface area (Å²) in [6.45, 7) is 9.28. The molecule has 1 N–H and O–H groups in total. The second-order valence-electron chi connectivity index (χ2n) is 7.23. The third-order valence-corrected chi connectivity index (χ3v) is 5.69. The van der Waals surface area contributed by atoms with E-state index in [1.807, 2.05) is 24.1 Å². The summed E-state index contributed by atoms with van der Waals surface area (Å²) >= 11 is 1.80. The van der Waals surface area contributed by atoms with Gasteiger partial charge in [0, 0.05) is 55.3 Å². The number of rotatable bonds is 5. The second-order valence-corrected chi connectivity index (χ2v) is 8.35. The van der Waals surface area contributed by atoms with Gasteiger partial charge in [-0.2, -0.15) is 5.10 Å². The van der Waals surface area contributed by atoms with Crippen LogP contribution in [0.5, 0.6) is 0 Å². The fourth-order valence-corrected chi connectivity index (χ4v) is 3.89. The van der Waals surface area contributed by atoms with Crippen LogP contribution in [-0.4, -0.2) is 27.9 Å². The Kier molecular flexibility index (Phi) is 4.85. The maximum absolute atomic E-state index is 5.93. The average molecular weight is 334 g/mol. The summed E-state index contributed by atoms with van der Waals surface area (Å²) in [5.74, 6) is 0.500. The van der Waals surface area contributed by atoms with Crippen LogP contribution in [0.2, 0.25) is 0 Å². The highest BCUT2D eigenvalue weighted by molar-refractivity contribution is 7.11. The van der Waals surface area contributed by atoms with E-state index in [1.165, 1.54) is 15.6 Å². The summed E-state index contributed by atoms with van der Waals surface area (Å²) in [6.07, 6.45) is 5.09. The molecule has 6 heteroatoms. The van der Waals surface area contributed by atoms with E-state index in [-0.39, 0.29) is 11.5 Å². The van der Waals surface area contributed by atoms with Gasteiger partial charge in [0.05, 0.1) is 10.7 Å². The zero-order valence-corrected chi connectivity index (χ0v) is 15.2. The topological polar surface area (TPSA) is 52.0 Å². The van der Waals surface area contributed by atoms with Gasteiger partial charge < -0.3 is 10.1 Å². The fourth-order valence-electron chi connectivity index (χ4n) is 2.95. The Labute approximate surface area is 142 Å². The van der Waals surface area contributed by atoms with Crippen LogP contribution in [0.15, 0.2) is 18.5 Å². The molecule has 0 bridgehead atoms. The van der Waals surface area contributed by atoms with Crippen LogP contribution in [0.4, 0.5) is 0 Å². The zero-order valence-electron chi connectivity index (χ0n) is 14.4. The van der Waals surface area contributed by atoms with E-state index in [9.17, 15) is 0 Å². The molecule has 0 aliphatic carbocycles. The number of nitrogens with one attached hydrogen (secondary N) is 1. The predicted molar refractivity (Wildman–Crippen MR) is 92.5 cm³/mol. The van der Waals surface area contributed by atoms with Crippen molar-refractivity contribution in [2.45, 2.75) is 45.3 Å². The van der Waals surface area contributed by atoms with Gasteiger partial charge in [-0.15, -0.1) is 11.3 Å². The molecule has 0 amide bonds. The van der Waals surface area contributed by atoms with Crippen LogP contribution in [0.25, 0.3) is 0 Å². The van der Waals surface area contributed by atoms with Gasteiger partial charge in [0.15, 0.2) is 0 Å². The Hall–Kier alpha value is -1.24. The number of hydrogen-bond acceptors (Lipinski definition) is 5. The summed E-state index contributed by atoms with van der Waals surface area (Å²) < 4.78 is 7.85. The lowest BCUT2D eigenvalue weighted by atomic mass is 9.98. The van der Waals surface area contributed by atoms with Crippen molar-refractivity contribution in [1.82, 2.24) is 20.1 Å². The number of ether oxygens (including phenoxy) is 1. The summed E-state index contributed by atoms with van der Waals surface area (Å²) in [4.78, 5) is 5.84. The first-order valence-electron chi connectivity index (χ1n) is 8.20. The van der Waals surface area contributed by atoms with Crippen LogP contribution in [0, 0.1) is 5.92 Å². The third kappa shape index (κ3) is 3.82. The second kappa shape index (κ2) is 6.71. The van der Waals surface area contributed by atoms with E-state index in [2.05, 4.69) is 42.2 Å². The van der Waals surface area contributed by atoms with Gasteiger partial charge in [0.25, 0.3) is 0 Å². The third-order valence-electron chi connectivity index (χ3n) is 4.27. The molecule has 0 radical (unpaired) electrons. The molecule has 0 aromatic carbocycles. The van der Waals surface area contributed by atoms with Gasteiger partial charge in [-0.05, 0) is 12.5 Å². The Bertz CT molecular complexity index is 643. The lowest BCUT2D eigenvalue weighted by molar-refractivity contribution is 0.0838. The molecule has 2 atom stereocenters. The van der Waals surface area contributed by atoms with Crippen molar-refractivity contribution >= 4 is 11.3 Å². The average Bonchev–Trinajstić information content (AvgIpc) is 3.18. The molecule has 1 saturated heterocycles. The van der Waals surface area contributed by atoms with Gasteiger partial charge in [0.1, 0.15) is 6.10 Å². The lowest BCUT2D eigenvalue weighted by Gasteiger charge is -2.19. The molecule has 126 valence electrons. The van der Waals surface area contributed by atoms with Gasteiger partial charge in [0.2, 0.25) is 0 Å². The molecular weight excluding hydrogens is 308 g/mol. The molecule has 1 aliphatic rings. The van der Waals surface area contributed by atoms with Crippen LogP contribution in [0.1, 0.15) is 48.9 Å².